The van der Waals surface area contributed by atoms with Crippen LogP contribution in [0.25, 0.3) is 0 Å². The standard InChI is InChI=1S/C13H18ClN/c14-12-7-3-2-6-11(12)10-13(15)8-4-1-5-9-13/h2-3,6-7H,1,4-5,8-10,15H2. The third kappa shape index (κ3) is 2.73. The normalized spacial score (nSPS) is 20.1. The Labute approximate surface area is 96.6 Å². The Morgan fingerprint density at radius 2 is 1.80 bits per heavy atom. The number of nitrogens with two attached hydrogens (primary N) is 1. The summed E-state index contributed by atoms with van der Waals surface area (Å²) in [6.07, 6.45) is 7.06. The molecule has 0 heterocycles. The topological polar surface area (TPSA) is 26.0 Å². The number of hydrogen-bond donors (Lipinski definition) is 1. The van der Waals surface area contributed by atoms with E-state index in [4.69, 9.17) is 17.3 Å². The Morgan fingerprint density at radius 3 is 2.47 bits per heavy atom. The average Bonchev–Trinajstić information content (AvgIpc) is 2.22. The van der Waals surface area contributed by atoms with Crippen LogP contribution >= 0.6 is 11.6 Å². The van der Waals surface area contributed by atoms with E-state index in [-0.39, 0.29) is 5.54 Å². The van der Waals surface area contributed by atoms with Crippen molar-refractivity contribution in [2.75, 3.05) is 0 Å². The first-order chi connectivity index (χ1) is 7.20. The molecule has 1 nitrogen and oxygen atoms in total. The Kier molecular flexibility index (Phi) is 3.32. The molecule has 0 unspecified atom stereocenters. The first-order valence-corrected chi connectivity index (χ1v) is 6.10. The number of benzene rings is 1. The van der Waals surface area contributed by atoms with Crippen LogP contribution in [0.5, 0.6) is 0 Å². The van der Waals surface area contributed by atoms with Crippen molar-refractivity contribution in [2.24, 2.45) is 5.73 Å². The van der Waals surface area contributed by atoms with Crippen molar-refractivity contribution in [1.82, 2.24) is 0 Å². The highest BCUT2D eigenvalue weighted by molar-refractivity contribution is 6.31. The van der Waals surface area contributed by atoms with Gasteiger partial charge in [0.05, 0.1) is 0 Å². The Hall–Kier alpha value is -0.530. The maximum atomic E-state index is 6.40. The molecule has 2 heteroatoms. The smallest absolute Gasteiger partial charge is 0.0438 e. The molecule has 0 spiro atoms. The van der Waals surface area contributed by atoms with Gasteiger partial charge in [0, 0.05) is 10.6 Å². The van der Waals surface area contributed by atoms with E-state index in [1.165, 1.54) is 24.8 Å². The fraction of sp³-hybridized carbons (Fsp3) is 0.538. The van der Waals surface area contributed by atoms with Gasteiger partial charge in [-0.3, -0.25) is 0 Å². The van der Waals surface area contributed by atoms with Crippen molar-refractivity contribution >= 4 is 11.6 Å². The van der Waals surface area contributed by atoms with Crippen LogP contribution in [0.1, 0.15) is 37.7 Å². The van der Waals surface area contributed by atoms with Gasteiger partial charge in [0.15, 0.2) is 0 Å². The van der Waals surface area contributed by atoms with Gasteiger partial charge in [-0.25, -0.2) is 0 Å². The van der Waals surface area contributed by atoms with E-state index in [2.05, 4.69) is 6.07 Å². The molecule has 1 aromatic carbocycles. The van der Waals surface area contributed by atoms with Gasteiger partial charge in [0.2, 0.25) is 0 Å². The third-order valence-electron chi connectivity index (χ3n) is 3.35. The minimum Gasteiger partial charge on any atom is -0.325 e. The summed E-state index contributed by atoms with van der Waals surface area (Å²) in [4.78, 5) is 0. The Bertz CT molecular complexity index is 329. The molecule has 2 N–H and O–H groups in total. The molecule has 1 aliphatic rings. The van der Waals surface area contributed by atoms with Gasteiger partial charge < -0.3 is 5.73 Å². The summed E-state index contributed by atoms with van der Waals surface area (Å²) >= 11 is 6.15. The molecule has 0 saturated heterocycles. The molecule has 15 heavy (non-hydrogen) atoms. The van der Waals surface area contributed by atoms with Crippen LogP contribution in [0.2, 0.25) is 5.02 Å². The quantitative estimate of drug-likeness (QED) is 0.816. The molecule has 1 saturated carbocycles. The van der Waals surface area contributed by atoms with Gasteiger partial charge in [0.1, 0.15) is 0 Å². The lowest BCUT2D eigenvalue weighted by atomic mass is 9.78. The van der Waals surface area contributed by atoms with Crippen molar-refractivity contribution in [3.63, 3.8) is 0 Å². The minimum absolute atomic E-state index is 0.0107. The van der Waals surface area contributed by atoms with E-state index in [9.17, 15) is 0 Å². The molecule has 1 aliphatic carbocycles. The molecule has 2 rings (SSSR count). The number of rotatable bonds is 2. The summed E-state index contributed by atoms with van der Waals surface area (Å²) in [7, 11) is 0. The van der Waals surface area contributed by atoms with Crippen molar-refractivity contribution in [3.8, 4) is 0 Å². The van der Waals surface area contributed by atoms with Gasteiger partial charge in [-0.2, -0.15) is 0 Å². The average molecular weight is 224 g/mol. The van der Waals surface area contributed by atoms with Gasteiger partial charge in [0.25, 0.3) is 0 Å². The predicted octanol–water partition coefficient (Wildman–Crippen LogP) is 3.54. The first kappa shape index (κ1) is 11.0. The van der Waals surface area contributed by atoms with Crippen molar-refractivity contribution in [1.29, 1.82) is 0 Å². The maximum Gasteiger partial charge on any atom is 0.0438 e. The largest absolute Gasteiger partial charge is 0.325 e. The van der Waals surface area contributed by atoms with Crippen molar-refractivity contribution < 1.29 is 0 Å². The lowest BCUT2D eigenvalue weighted by Crippen LogP contribution is -2.43. The van der Waals surface area contributed by atoms with Crippen LogP contribution < -0.4 is 5.73 Å². The zero-order chi connectivity index (χ0) is 10.7. The lowest BCUT2D eigenvalue weighted by molar-refractivity contribution is 0.294. The molecule has 1 aromatic rings. The zero-order valence-electron chi connectivity index (χ0n) is 9.01. The second-order valence-corrected chi connectivity index (χ2v) is 5.10. The van der Waals surface area contributed by atoms with Gasteiger partial charge in [-0.05, 0) is 30.9 Å². The minimum atomic E-state index is -0.0107. The summed E-state index contributed by atoms with van der Waals surface area (Å²) in [5.41, 5.74) is 7.59. The van der Waals surface area contributed by atoms with Crippen LogP contribution in [0.3, 0.4) is 0 Å². The van der Waals surface area contributed by atoms with Gasteiger partial charge in [-0.1, -0.05) is 49.1 Å². The lowest BCUT2D eigenvalue weighted by Gasteiger charge is -2.33. The molecule has 0 bridgehead atoms. The Balaban J connectivity index is 2.10. The van der Waals surface area contributed by atoms with Gasteiger partial charge >= 0.3 is 0 Å². The van der Waals surface area contributed by atoms with E-state index in [0.717, 1.165) is 24.3 Å². The van der Waals surface area contributed by atoms with E-state index >= 15 is 0 Å². The van der Waals surface area contributed by atoms with Crippen LogP contribution in [0, 0.1) is 0 Å². The molecular formula is C13H18ClN. The monoisotopic (exact) mass is 223 g/mol. The summed E-state index contributed by atoms with van der Waals surface area (Å²) in [5, 5.41) is 0.855. The number of hydrogen-bond acceptors (Lipinski definition) is 1. The van der Waals surface area contributed by atoms with Crippen molar-refractivity contribution in [2.45, 2.75) is 44.1 Å². The maximum absolute atomic E-state index is 6.40. The van der Waals surface area contributed by atoms with Crippen LogP contribution in [-0.4, -0.2) is 5.54 Å². The van der Waals surface area contributed by atoms with E-state index in [1.54, 1.807) is 0 Å². The van der Waals surface area contributed by atoms with E-state index in [1.807, 2.05) is 18.2 Å². The highest BCUT2D eigenvalue weighted by Gasteiger charge is 2.27. The molecule has 1 fully saturated rings. The highest BCUT2D eigenvalue weighted by atomic mass is 35.5. The fourth-order valence-electron chi connectivity index (χ4n) is 2.45. The summed E-state index contributed by atoms with van der Waals surface area (Å²) < 4.78 is 0. The zero-order valence-corrected chi connectivity index (χ0v) is 9.76. The van der Waals surface area contributed by atoms with Crippen LogP contribution in [0.4, 0.5) is 0 Å². The molecule has 0 aliphatic heterocycles. The first-order valence-electron chi connectivity index (χ1n) is 5.72. The van der Waals surface area contributed by atoms with Gasteiger partial charge in [-0.15, -0.1) is 0 Å². The van der Waals surface area contributed by atoms with E-state index in [0.29, 0.717) is 0 Å². The SMILES string of the molecule is NC1(Cc2ccccc2Cl)CCCCC1. The second-order valence-electron chi connectivity index (χ2n) is 4.69. The molecular weight excluding hydrogens is 206 g/mol. The molecule has 0 amide bonds. The third-order valence-corrected chi connectivity index (χ3v) is 3.72. The highest BCUT2D eigenvalue weighted by Crippen LogP contribution is 2.30. The summed E-state index contributed by atoms with van der Waals surface area (Å²) in [6.45, 7) is 0. The van der Waals surface area contributed by atoms with Crippen molar-refractivity contribution in [3.05, 3.63) is 34.9 Å². The predicted molar refractivity (Wildman–Crippen MR) is 65.2 cm³/mol. The van der Waals surface area contributed by atoms with Crippen LogP contribution in [-0.2, 0) is 6.42 Å². The van der Waals surface area contributed by atoms with E-state index < -0.39 is 0 Å². The molecule has 0 aromatic heterocycles. The molecule has 82 valence electrons. The Morgan fingerprint density at radius 1 is 1.13 bits per heavy atom. The summed E-state index contributed by atoms with van der Waals surface area (Å²) in [6, 6.07) is 8.04. The fourth-order valence-corrected chi connectivity index (χ4v) is 2.66. The van der Waals surface area contributed by atoms with Crippen LogP contribution in [0.15, 0.2) is 24.3 Å². The number of halogens is 1. The second kappa shape index (κ2) is 4.54. The molecule has 0 radical (unpaired) electrons. The summed E-state index contributed by atoms with van der Waals surface area (Å²) in [5.74, 6) is 0. The molecule has 0 atom stereocenters.